The lowest BCUT2D eigenvalue weighted by Crippen LogP contribution is -1.79. The van der Waals surface area contributed by atoms with Crippen molar-refractivity contribution in [3.05, 3.63) is 0 Å². The van der Waals surface area contributed by atoms with Gasteiger partial charge in [0.15, 0.2) is 0 Å². The maximum Gasteiger partial charge on any atom is 0.0822 e. The summed E-state index contributed by atoms with van der Waals surface area (Å²) < 4.78 is 0. The average molecular weight is 108 g/mol. The molecule has 0 aromatic rings. The van der Waals surface area contributed by atoms with Crippen LogP contribution in [0.3, 0.4) is 0 Å². The standard InChI is InChI=1S/C4H8ClO/c5-3-1-2-4-6/h1-4H2. The molecule has 0 unspecified atom stereocenters. The predicted octanol–water partition coefficient (Wildman–Crippen LogP) is 1.44. The normalized spacial score (nSPS) is 9.00. The molecule has 0 fully saturated rings. The second-order valence-corrected chi connectivity index (χ2v) is 1.48. The Morgan fingerprint density at radius 1 is 1.33 bits per heavy atom. The number of unbranched alkanes of at least 4 members (excludes halogenated alkanes) is 1. The van der Waals surface area contributed by atoms with Gasteiger partial charge in [0.2, 0.25) is 0 Å². The zero-order chi connectivity index (χ0) is 4.83. The monoisotopic (exact) mass is 107 g/mol. The first kappa shape index (κ1) is 6.25. The van der Waals surface area contributed by atoms with Crippen LogP contribution >= 0.6 is 11.6 Å². The van der Waals surface area contributed by atoms with Crippen LogP contribution in [-0.2, 0) is 5.11 Å². The molecule has 0 atom stereocenters. The molecular weight excluding hydrogens is 99.5 g/mol. The summed E-state index contributed by atoms with van der Waals surface area (Å²) in [5.41, 5.74) is 0. The topological polar surface area (TPSA) is 19.9 Å². The SMILES string of the molecule is [O]CCCCCl. The Morgan fingerprint density at radius 3 is 2.17 bits per heavy atom. The molecule has 0 bridgehead atoms. The van der Waals surface area contributed by atoms with Crippen LogP contribution in [0.4, 0.5) is 0 Å². The third kappa shape index (κ3) is 4.25. The van der Waals surface area contributed by atoms with Crippen molar-refractivity contribution in [2.24, 2.45) is 0 Å². The van der Waals surface area contributed by atoms with Crippen LogP contribution in [0.25, 0.3) is 0 Å². The maximum atomic E-state index is 9.63. The summed E-state index contributed by atoms with van der Waals surface area (Å²) in [4.78, 5) is 0. The van der Waals surface area contributed by atoms with E-state index in [1.54, 1.807) is 0 Å². The van der Waals surface area contributed by atoms with Crippen molar-refractivity contribution in [3.8, 4) is 0 Å². The molecule has 37 valence electrons. The fourth-order valence-corrected chi connectivity index (χ4v) is 0.386. The highest BCUT2D eigenvalue weighted by molar-refractivity contribution is 6.17. The Morgan fingerprint density at radius 2 is 2.00 bits per heavy atom. The van der Waals surface area contributed by atoms with Crippen LogP contribution in [-0.4, -0.2) is 12.5 Å². The van der Waals surface area contributed by atoms with Gasteiger partial charge in [-0.3, -0.25) is 0 Å². The summed E-state index contributed by atoms with van der Waals surface area (Å²) in [5.74, 6) is 0.627. The molecule has 2 heteroatoms. The number of rotatable bonds is 3. The fraction of sp³-hybridized carbons (Fsp3) is 1.00. The lowest BCUT2D eigenvalue weighted by atomic mass is 10.4. The molecule has 1 nitrogen and oxygen atoms in total. The van der Waals surface area contributed by atoms with Gasteiger partial charge in [-0.2, -0.15) is 0 Å². The highest BCUT2D eigenvalue weighted by atomic mass is 35.5. The summed E-state index contributed by atoms with van der Waals surface area (Å²) in [6.07, 6.45) is 1.59. The molecule has 6 heavy (non-hydrogen) atoms. The van der Waals surface area contributed by atoms with Crippen LogP contribution in [0.1, 0.15) is 12.8 Å². The Bertz CT molecular complexity index is 19.5. The van der Waals surface area contributed by atoms with Gasteiger partial charge in [0.05, 0.1) is 6.61 Å². The zero-order valence-electron chi connectivity index (χ0n) is 3.61. The van der Waals surface area contributed by atoms with Crippen LogP contribution in [0.2, 0.25) is 0 Å². The van der Waals surface area contributed by atoms with Crippen molar-refractivity contribution in [1.29, 1.82) is 0 Å². The molecule has 1 radical (unpaired) electrons. The van der Waals surface area contributed by atoms with Gasteiger partial charge in [0, 0.05) is 5.88 Å². The van der Waals surface area contributed by atoms with Gasteiger partial charge in [0.25, 0.3) is 0 Å². The molecule has 0 heterocycles. The summed E-state index contributed by atoms with van der Waals surface area (Å²) in [7, 11) is 0. The first-order chi connectivity index (χ1) is 2.91. The van der Waals surface area contributed by atoms with Crippen LogP contribution in [0, 0.1) is 0 Å². The molecule has 0 aliphatic heterocycles. The van der Waals surface area contributed by atoms with Gasteiger partial charge in [-0.1, -0.05) is 0 Å². The second-order valence-electron chi connectivity index (χ2n) is 1.10. The molecular formula is C4H8ClO. The van der Waals surface area contributed by atoms with Crippen LogP contribution < -0.4 is 0 Å². The zero-order valence-corrected chi connectivity index (χ0v) is 4.37. The van der Waals surface area contributed by atoms with Crippen molar-refractivity contribution in [3.63, 3.8) is 0 Å². The highest BCUT2D eigenvalue weighted by Crippen LogP contribution is 1.87. The smallest absolute Gasteiger partial charge is 0.0822 e. The average Bonchev–Trinajstić information content (AvgIpc) is 1.61. The summed E-state index contributed by atoms with van der Waals surface area (Å²) in [5, 5.41) is 9.63. The van der Waals surface area contributed by atoms with Crippen LogP contribution in [0.15, 0.2) is 0 Å². The van der Waals surface area contributed by atoms with Crippen molar-refractivity contribution in [2.45, 2.75) is 12.8 Å². The molecule has 0 saturated carbocycles. The Kier molecular flexibility index (Phi) is 5.47. The van der Waals surface area contributed by atoms with E-state index in [1.165, 1.54) is 0 Å². The lowest BCUT2D eigenvalue weighted by Gasteiger charge is -1.82. The van der Waals surface area contributed by atoms with Crippen molar-refractivity contribution >= 4 is 11.6 Å². The van der Waals surface area contributed by atoms with Gasteiger partial charge in [-0.25, -0.2) is 5.11 Å². The number of hydrogen-bond donors (Lipinski definition) is 0. The van der Waals surface area contributed by atoms with E-state index in [9.17, 15) is 5.11 Å². The van der Waals surface area contributed by atoms with E-state index < -0.39 is 0 Å². The van der Waals surface area contributed by atoms with Crippen molar-refractivity contribution < 1.29 is 5.11 Å². The van der Waals surface area contributed by atoms with E-state index in [4.69, 9.17) is 11.6 Å². The Balaban J connectivity index is 2.34. The molecule has 0 amide bonds. The Hall–Kier alpha value is 0.250. The highest BCUT2D eigenvalue weighted by Gasteiger charge is 1.79. The van der Waals surface area contributed by atoms with Gasteiger partial charge < -0.3 is 0 Å². The third-order valence-corrected chi connectivity index (χ3v) is 0.795. The third-order valence-electron chi connectivity index (χ3n) is 0.528. The molecule has 0 aromatic carbocycles. The van der Waals surface area contributed by atoms with Gasteiger partial charge in [-0.15, -0.1) is 11.6 Å². The molecule has 0 N–H and O–H groups in total. The molecule has 0 rings (SSSR count). The first-order valence-corrected chi connectivity index (χ1v) is 2.59. The molecule has 0 aliphatic carbocycles. The number of hydrogen-bond acceptors (Lipinski definition) is 0. The maximum absolute atomic E-state index is 9.63. The minimum absolute atomic E-state index is 0.0206. The summed E-state index contributed by atoms with van der Waals surface area (Å²) in [6, 6.07) is 0. The second kappa shape index (κ2) is 5.25. The van der Waals surface area contributed by atoms with Crippen LogP contribution in [0.5, 0.6) is 0 Å². The minimum atomic E-state index is 0.0206. The minimum Gasteiger partial charge on any atom is -0.237 e. The largest absolute Gasteiger partial charge is 0.237 e. The Labute approximate surface area is 42.9 Å². The van der Waals surface area contributed by atoms with E-state index in [2.05, 4.69) is 0 Å². The first-order valence-electron chi connectivity index (χ1n) is 2.06. The van der Waals surface area contributed by atoms with Gasteiger partial charge in [-0.05, 0) is 12.8 Å². The van der Waals surface area contributed by atoms with E-state index in [0.29, 0.717) is 5.88 Å². The number of alkyl halides is 1. The van der Waals surface area contributed by atoms with E-state index in [0.717, 1.165) is 12.8 Å². The lowest BCUT2D eigenvalue weighted by molar-refractivity contribution is 0.188. The summed E-state index contributed by atoms with van der Waals surface area (Å²) in [6.45, 7) is 0.0206. The molecule has 0 aliphatic rings. The van der Waals surface area contributed by atoms with E-state index in [-0.39, 0.29) is 6.61 Å². The quantitative estimate of drug-likeness (QED) is 0.384. The van der Waals surface area contributed by atoms with Crippen molar-refractivity contribution in [2.75, 3.05) is 12.5 Å². The van der Waals surface area contributed by atoms with Gasteiger partial charge >= 0.3 is 0 Å². The van der Waals surface area contributed by atoms with E-state index >= 15 is 0 Å². The van der Waals surface area contributed by atoms with Gasteiger partial charge in [0.1, 0.15) is 0 Å². The fourth-order valence-electron chi connectivity index (χ4n) is 0.197. The number of halogens is 1. The van der Waals surface area contributed by atoms with Crippen molar-refractivity contribution in [1.82, 2.24) is 0 Å². The molecule has 0 saturated heterocycles. The van der Waals surface area contributed by atoms with E-state index in [1.807, 2.05) is 0 Å². The molecule has 0 aromatic heterocycles. The summed E-state index contributed by atoms with van der Waals surface area (Å²) >= 11 is 5.24. The predicted molar refractivity (Wildman–Crippen MR) is 25.5 cm³/mol. The molecule has 0 spiro atoms.